The lowest BCUT2D eigenvalue weighted by Gasteiger charge is -2.04. The summed E-state index contributed by atoms with van der Waals surface area (Å²) in [5, 5.41) is 0.989. The molecule has 0 aliphatic heterocycles. The molecular weight excluding hydrogens is 308 g/mol. The Bertz CT molecular complexity index is 665. The number of hydrogen-bond donors (Lipinski definition) is 0. The monoisotopic (exact) mass is 320 g/mol. The zero-order valence-electron chi connectivity index (χ0n) is 10.3. The molecule has 2 aromatic rings. The van der Waals surface area contributed by atoms with Gasteiger partial charge in [0.15, 0.2) is 11.3 Å². The van der Waals surface area contributed by atoms with Crippen LogP contribution >= 0.6 is 15.9 Å². The van der Waals surface area contributed by atoms with Crippen molar-refractivity contribution in [2.24, 2.45) is 5.92 Å². The third kappa shape index (κ3) is 2.08. The second-order valence-electron chi connectivity index (χ2n) is 5.41. The van der Waals surface area contributed by atoms with Gasteiger partial charge in [-0.2, -0.15) is 0 Å². The van der Waals surface area contributed by atoms with E-state index in [-0.39, 0.29) is 11.9 Å². The number of esters is 1. The minimum Gasteiger partial charge on any atom is -0.457 e. The Morgan fingerprint density at radius 1 is 1.26 bits per heavy atom. The van der Waals surface area contributed by atoms with Gasteiger partial charge in [-0.3, -0.25) is 4.79 Å². The SMILES string of the molecule is O=C(Oc1ccc(Br)c2cc(C3CC3)oc12)C1CC1. The summed E-state index contributed by atoms with van der Waals surface area (Å²) in [6.45, 7) is 0. The summed E-state index contributed by atoms with van der Waals surface area (Å²) in [5.41, 5.74) is 0.685. The number of fused-ring (bicyclic) bond motifs is 1. The van der Waals surface area contributed by atoms with Crippen LogP contribution in [0.4, 0.5) is 0 Å². The number of furan rings is 1. The maximum atomic E-state index is 11.8. The van der Waals surface area contributed by atoms with E-state index in [0.717, 1.165) is 28.5 Å². The number of carbonyl (C=O) groups is 1. The molecule has 0 radical (unpaired) electrons. The van der Waals surface area contributed by atoms with E-state index in [0.29, 0.717) is 17.3 Å². The van der Waals surface area contributed by atoms with Gasteiger partial charge in [-0.15, -0.1) is 0 Å². The Morgan fingerprint density at radius 2 is 2.05 bits per heavy atom. The summed E-state index contributed by atoms with van der Waals surface area (Å²) in [4.78, 5) is 11.8. The van der Waals surface area contributed by atoms with E-state index >= 15 is 0 Å². The van der Waals surface area contributed by atoms with E-state index in [1.807, 2.05) is 6.07 Å². The van der Waals surface area contributed by atoms with E-state index in [4.69, 9.17) is 9.15 Å². The first-order valence-electron chi connectivity index (χ1n) is 6.66. The summed E-state index contributed by atoms with van der Waals surface area (Å²) >= 11 is 3.52. The molecule has 2 fully saturated rings. The van der Waals surface area contributed by atoms with Crippen LogP contribution in [0.3, 0.4) is 0 Å². The number of halogens is 1. The highest BCUT2D eigenvalue weighted by atomic mass is 79.9. The van der Waals surface area contributed by atoms with Crippen molar-refractivity contribution in [3.8, 4) is 5.75 Å². The van der Waals surface area contributed by atoms with Crippen LogP contribution in [0.5, 0.6) is 5.75 Å². The first-order valence-corrected chi connectivity index (χ1v) is 7.45. The minimum atomic E-state index is -0.131. The molecule has 0 bridgehead atoms. The Balaban J connectivity index is 1.76. The topological polar surface area (TPSA) is 39.4 Å². The second-order valence-corrected chi connectivity index (χ2v) is 6.26. The molecule has 1 aromatic carbocycles. The van der Waals surface area contributed by atoms with Crippen LogP contribution in [0.15, 0.2) is 27.1 Å². The molecule has 4 heteroatoms. The number of benzene rings is 1. The maximum Gasteiger partial charge on any atom is 0.314 e. The van der Waals surface area contributed by atoms with Gasteiger partial charge in [0.05, 0.1) is 5.92 Å². The molecule has 2 saturated carbocycles. The molecule has 3 nitrogen and oxygen atoms in total. The highest BCUT2D eigenvalue weighted by Gasteiger charge is 2.33. The molecule has 0 saturated heterocycles. The second kappa shape index (κ2) is 4.10. The van der Waals surface area contributed by atoms with E-state index in [1.165, 1.54) is 12.8 Å². The van der Waals surface area contributed by atoms with Crippen LogP contribution in [0.25, 0.3) is 11.0 Å². The van der Waals surface area contributed by atoms with Crippen molar-refractivity contribution < 1.29 is 13.9 Å². The summed E-state index contributed by atoms with van der Waals surface area (Å²) in [5.74, 6) is 2.06. The van der Waals surface area contributed by atoms with Crippen molar-refractivity contribution >= 4 is 32.9 Å². The lowest BCUT2D eigenvalue weighted by molar-refractivity contribution is -0.135. The predicted octanol–water partition coefficient (Wildman–Crippen LogP) is 4.39. The third-order valence-corrected chi connectivity index (χ3v) is 4.41. The molecule has 1 heterocycles. The van der Waals surface area contributed by atoms with Crippen LogP contribution in [-0.2, 0) is 4.79 Å². The van der Waals surface area contributed by atoms with Gasteiger partial charge in [0.25, 0.3) is 0 Å². The van der Waals surface area contributed by atoms with E-state index in [2.05, 4.69) is 22.0 Å². The predicted molar refractivity (Wildman–Crippen MR) is 74.2 cm³/mol. The van der Waals surface area contributed by atoms with Gasteiger partial charge >= 0.3 is 5.97 Å². The molecule has 4 rings (SSSR count). The Kier molecular flexibility index (Phi) is 2.49. The first-order chi connectivity index (χ1) is 9.22. The van der Waals surface area contributed by atoms with Crippen molar-refractivity contribution in [3.05, 3.63) is 28.4 Å². The fourth-order valence-electron chi connectivity index (χ4n) is 2.24. The fraction of sp³-hybridized carbons (Fsp3) is 0.400. The number of hydrogen-bond acceptors (Lipinski definition) is 3. The van der Waals surface area contributed by atoms with Crippen LogP contribution < -0.4 is 4.74 Å². The van der Waals surface area contributed by atoms with E-state index in [9.17, 15) is 4.79 Å². The van der Waals surface area contributed by atoms with Crippen molar-refractivity contribution in [1.82, 2.24) is 0 Å². The summed E-state index contributed by atoms with van der Waals surface area (Å²) in [7, 11) is 0. The van der Waals surface area contributed by atoms with Gasteiger partial charge in [-0.05, 0) is 43.9 Å². The molecule has 2 aliphatic rings. The lowest BCUT2D eigenvalue weighted by atomic mass is 10.2. The molecular formula is C15H13BrO3. The summed E-state index contributed by atoms with van der Waals surface area (Å²) < 4.78 is 12.3. The van der Waals surface area contributed by atoms with Crippen LogP contribution in [-0.4, -0.2) is 5.97 Å². The average molecular weight is 321 g/mol. The number of carbonyl (C=O) groups excluding carboxylic acids is 1. The minimum absolute atomic E-state index is 0.0940. The molecule has 19 heavy (non-hydrogen) atoms. The molecule has 0 N–H and O–H groups in total. The Labute approximate surface area is 119 Å². The van der Waals surface area contributed by atoms with E-state index < -0.39 is 0 Å². The quantitative estimate of drug-likeness (QED) is 0.622. The van der Waals surface area contributed by atoms with Gasteiger partial charge in [-0.25, -0.2) is 0 Å². The zero-order valence-corrected chi connectivity index (χ0v) is 11.9. The van der Waals surface area contributed by atoms with Crippen LogP contribution in [0.2, 0.25) is 0 Å². The highest BCUT2D eigenvalue weighted by Crippen LogP contribution is 2.45. The molecule has 98 valence electrons. The van der Waals surface area contributed by atoms with Crippen molar-refractivity contribution in [2.75, 3.05) is 0 Å². The molecule has 2 aliphatic carbocycles. The Morgan fingerprint density at radius 3 is 2.74 bits per heavy atom. The lowest BCUT2D eigenvalue weighted by Crippen LogP contribution is -2.09. The third-order valence-electron chi connectivity index (χ3n) is 3.71. The molecule has 0 unspecified atom stereocenters. The van der Waals surface area contributed by atoms with Gasteiger partial charge in [0.2, 0.25) is 0 Å². The largest absolute Gasteiger partial charge is 0.457 e. The standard InChI is InChI=1S/C15H13BrO3/c16-11-5-6-12(19-15(17)9-3-4-9)14-10(11)7-13(18-14)8-1-2-8/h5-9H,1-4H2. The molecule has 0 amide bonds. The molecule has 0 atom stereocenters. The number of rotatable bonds is 3. The van der Waals surface area contributed by atoms with Crippen molar-refractivity contribution in [3.63, 3.8) is 0 Å². The number of ether oxygens (including phenoxy) is 1. The van der Waals surface area contributed by atoms with Gasteiger partial charge in [0.1, 0.15) is 5.76 Å². The van der Waals surface area contributed by atoms with Crippen LogP contribution in [0.1, 0.15) is 37.4 Å². The fourth-order valence-corrected chi connectivity index (χ4v) is 2.67. The van der Waals surface area contributed by atoms with Crippen molar-refractivity contribution in [1.29, 1.82) is 0 Å². The van der Waals surface area contributed by atoms with Crippen molar-refractivity contribution in [2.45, 2.75) is 31.6 Å². The molecule has 0 spiro atoms. The maximum absolute atomic E-state index is 11.8. The Hall–Kier alpha value is -1.29. The van der Waals surface area contributed by atoms with Gasteiger partial charge in [-0.1, -0.05) is 15.9 Å². The van der Waals surface area contributed by atoms with E-state index in [1.54, 1.807) is 6.07 Å². The summed E-state index contributed by atoms with van der Waals surface area (Å²) in [6, 6.07) is 5.77. The van der Waals surface area contributed by atoms with Gasteiger partial charge < -0.3 is 9.15 Å². The average Bonchev–Trinajstić information content (AvgIpc) is 3.29. The first kappa shape index (κ1) is 11.5. The summed E-state index contributed by atoms with van der Waals surface area (Å²) in [6.07, 6.45) is 4.28. The normalized spacial score (nSPS) is 18.8. The van der Waals surface area contributed by atoms with Gasteiger partial charge in [0, 0.05) is 15.8 Å². The zero-order chi connectivity index (χ0) is 13.0. The van der Waals surface area contributed by atoms with Crippen LogP contribution in [0, 0.1) is 5.92 Å². The highest BCUT2D eigenvalue weighted by molar-refractivity contribution is 9.10. The smallest absolute Gasteiger partial charge is 0.314 e. The molecule has 1 aromatic heterocycles.